The molecule has 2 aromatic heterocycles. The van der Waals surface area contributed by atoms with Crippen LogP contribution in [0.5, 0.6) is 0 Å². The number of Topliss-reactive ketones (excluding diaryl/α,β-unsaturated/α-hetero) is 1. The normalized spacial score (nSPS) is 17.9. The molecule has 2 fully saturated rings. The van der Waals surface area contributed by atoms with Gasteiger partial charge in [0.2, 0.25) is 5.95 Å². The number of fused-ring (bicyclic) bond motifs is 1. The van der Waals surface area contributed by atoms with Crippen LogP contribution in [0.4, 0.5) is 5.95 Å². The summed E-state index contributed by atoms with van der Waals surface area (Å²) < 4.78 is 2.29. The number of H-pyrrole nitrogens is 1. The fraction of sp³-hybridized carbons (Fsp3) is 0.500. The largest absolute Gasteiger partial charge is 0.358 e. The molecule has 2 aliphatic rings. The molecule has 29 heavy (non-hydrogen) atoms. The molecule has 3 heterocycles. The van der Waals surface area contributed by atoms with Gasteiger partial charge in [0.1, 0.15) is 0 Å². The summed E-state index contributed by atoms with van der Waals surface area (Å²) in [6.45, 7) is 6.39. The number of carbonyl (C=O) groups excluding carboxylic acids is 1. The maximum absolute atomic E-state index is 13.0. The molecule has 0 atom stereocenters. The van der Waals surface area contributed by atoms with E-state index >= 15 is 0 Å². The zero-order valence-electron chi connectivity index (χ0n) is 17.0. The third-order valence-corrected chi connectivity index (χ3v) is 7.07. The van der Waals surface area contributed by atoms with Crippen LogP contribution in [0.2, 0.25) is 0 Å². The Morgan fingerprint density at radius 1 is 1.17 bits per heavy atom. The van der Waals surface area contributed by atoms with Gasteiger partial charge < -0.3 is 9.88 Å². The molecule has 0 spiro atoms. The van der Waals surface area contributed by atoms with Crippen LogP contribution in [0.1, 0.15) is 54.7 Å². The minimum atomic E-state index is 0.142. The van der Waals surface area contributed by atoms with Gasteiger partial charge in [0.15, 0.2) is 10.9 Å². The maximum Gasteiger partial charge on any atom is 0.228 e. The molecular weight excluding hydrogens is 382 g/mol. The molecule has 5 rings (SSSR count). The quantitative estimate of drug-likeness (QED) is 0.475. The Morgan fingerprint density at radius 2 is 1.93 bits per heavy atom. The smallest absolute Gasteiger partial charge is 0.228 e. The van der Waals surface area contributed by atoms with Gasteiger partial charge in [0, 0.05) is 41.3 Å². The van der Waals surface area contributed by atoms with Crippen molar-refractivity contribution < 1.29 is 4.79 Å². The number of thioether (sulfide) groups is 1. The van der Waals surface area contributed by atoms with Gasteiger partial charge in [-0.2, -0.15) is 0 Å². The van der Waals surface area contributed by atoms with E-state index in [1.54, 1.807) is 0 Å². The summed E-state index contributed by atoms with van der Waals surface area (Å²) >= 11 is 1.52. The number of aromatic amines is 1. The van der Waals surface area contributed by atoms with Crippen LogP contribution in [-0.4, -0.2) is 44.4 Å². The molecule has 3 aromatic rings. The highest BCUT2D eigenvalue weighted by atomic mass is 32.2. The van der Waals surface area contributed by atoms with Crippen molar-refractivity contribution in [2.75, 3.05) is 23.7 Å². The van der Waals surface area contributed by atoms with Crippen molar-refractivity contribution in [3.8, 4) is 0 Å². The first kappa shape index (κ1) is 18.7. The second kappa shape index (κ2) is 7.52. The van der Waals surface area contributed by atoms with Crippen LogP contribution in [0, 0.1) is 12.8 Å². The van der Waals surface area contributed by atoms with E-state index in [-0.39, 0.29) is 5.78 Å². The number of nitrogens with one attached hydrogen (secondary N) is 1. The predicted octanol–water partition coefficient (Wildman–Crippen LogP) is 4.61. The molecule has 6 nitrogen and oxygen atoms in total. The van der Waals surface area contributed by atoms with Crippen LogP contribution in [0.3, 0.4) is 0 Å². The van der Waals surface area contributed by atoms with Crippen molar-refractivity contribution in [2.24, 2.45) is 5.92 Å². The zero-order valence-corrected chi connectivity index (χ0v) is 17.8. The van der Waals surface area contributed by atoms with E-state index in [1.807, 2.05) is 31.2 Å². The second-order valence-electron chi connectivity index (χ2n) is 8.44. The lowest BCUT2D eigenvalue weighted by atomic mass is 10.00. The van der Waals surface area contributed by atoms with E-state index in [9.17, 15) is 4.79 Å². The molecule has 0 radical (unpaired) electrons. The van der Waals surface area contributed by atoms with Gasteiger partial charge in [-0.1, -0.05) is 36.9 Å². The molecule has 1 saturated heterocycles. The van der Waals surface area contributed by atoms with Gasteiger partial charge in [-0.25, -0.2) is 0 Å². The Kier molecular flexibility index (Phi) is 4.86. The van der Waals surface area contributed by atoms with E-state index in [0.29, 0.717) is 11.8 Å². The number of hydrogen-bond donors (Lipinski definition) is 1. The summed E-state index contributed by atoms with van der Waals surface area (Å²) in [7, 11) is 0. The number of anilines is 1. The molecular formula is C22H27N5OS. The lowest BCUT2D eigenvalue weighted by Gasteiger charge is -2.31. The van der Waals surface area contributed by atoms with Crippen molar-refractivity contribution in [1.82, 2.24) is 19.7 Å². The molecule has 1 aliphatic carbocycles. The average molecular weight is 410 g/mol. The molecule has 1 N–H and O–H groups in total. The maximum atomic E-state index is 13.0. The molecule has 7 heteroatoms. The second-order valence-corrected chi connectivity index (χ2v) is 9.38. The molecule has 1 aromatic carbocycles. The molecule has 0 bridgehead atoms. The predicted molar refractivity (Wildman–Crippen MR) is 117 cm³/mol. The summed E-state index contributed by atoms with van der Waals surface area (Å²) in [5.41, 5.74) is 2.75. The lowest BCUT2D eigenvalue weighted by Crippen LogP contribution is -2.34. The number of nitrogens with zero attached hydrogens (tertiary/aromatic N) is 4. The van der Waals surface area contributed by atoms with Crippen molar-refractivity contribution in [3.05, 3.63) is 35.5 Å². The highest BCUT2D eigenvalue weighted by Crippen LogP contribution is 2.41. The monoisotopic (exact) mass is 409 g/mol. The number of rotatable bonds is 6. The Balaban J connectivity index is 1.35. The highest BCUT2D eigenvalue weighted by molar-refractivity contribution is 7.99. The SMILES string of the molecule is Cc1[nH]c2ccccc2c1C(=O)CSc1nnc(N2CCC(C)CC2)n1C1CC1. The molecule has 1 aliphatic heterocycles. The summed E-state index contributed by atoms with van der Waals surface area (Å²) in [6, 6.07) is 8.49. The first-order valence-corrected chi connectivity index (χ1v) is 11.5. The number of hydrogen-bond acceptors (Lipinski definition) is 5. The van der Waals surface area contributed by atoms with E-state index < -0.39 is 0 Å². The minimum Gasteiger partial charge on any atom is -0.358 e. The summed E-state index contributed by atoms with van der Waals surface area (Å²) in [6.07, 6.45) is 4.77. The van der Waals surface area contributed by atoms with Crippen molar-refractivity contribution in [3.63, 3.8) is 0 Å². The third kappa shape index (κ3) is 3.56. The van der Waals surface area contributed by atoms with Gasteiger partial charge >= 0.3 is 0 Å². The van der Waals surface area contributed by atoms with Crippen LogP contribution in [0.25, 0.3) is 10.9 Å². The number of carbonyl (C=O) groups is 1. The number of para-hydroxylation sites is 1. The highest BCUT2D eigenvalue weighted by Gasteiger charge is 2.33. The van der Waals surface area contributed by atoms with Crippen LogP contribution in [-0.2, 0) is 0 Å². The number of benzene rings is 1. The van der Waals surface area contributed by atoms with Gasteiger partial charge in [0.25, 0.3) is 0 Å². The van der Waals surface area contributed by atoms with E-state index in [4.69, 9.17) is 0 Å². The summed E-state index contributed by atoms with van der Waals surface area (Å²) in [5, 5.41) is 10.9. The van der Waals surface area contributed by atoms with Gasteiger partial charge in [0.05, 0.1) is 5.75 Å². The summed E-state index contributed by atoms with van der Waals surface area (Å²) in [4.78, 5) is 18.7. The number of aromatic nitrogens is 4. The summed E-state index contributed by atoms with van der Waals surface area (Å²) in [5.74, 6) is 2.31. The number of aryl methyl sites for hydroxylation is 1. The Morgan fingerprint density at radius 3 is 2.69 bits per heavy atom. The van der Waals surface area contributed by atoms with Gasteiger partial charge in [-0.15, -0.1) is 10.2 Å². The Hall–Kier alpha value is -2.28. The fourth-order valence-corrected chi connectivity index (χ4v) is 5.16. The van der Waals surface area contributed by atoms with Crippen molar-refractivity contribution >= 4 is 34.4 Å². The minimum absolute atomic E-state index is 0.142. The lowest BCUT2D eigenvalue weighted by molar-refractivity contribution is 0.102. The van der Waals surface area contributed by atoms with E-state index in [2.05, 4.69) is 31.6 Å². The number of ketones is 1. The van der Waals surface area contributed by atoms with Crippen molar-refractivity contribution in [1.29, 1.82) is 0 Å². The van der Waals surface area contributed by atoms with Crippen LogP contribution < -0.4 is 4.90 Å². The van der Waals surface area contributed by atoms with Gasteiger partial charge in [-0.05, 0) is 44.6 Å². The Labute approximate surface area is 175 Å². The molecule has 1 saturated carbocycles. The van der Waals surface area contributed by atoms with Crippen LogP contribution in [0.15, 0.2) is 29.4 Å². The standard InChI is InChI=1S/C22H27N5OS/c1-14-9-11-26(12-10-14)21-24-25-22(27(21)16-7-8-16)29-13-19(28)20-15(2)23-18-6-4-3-5-17(18)20/h3-6,14,16,23H,7-13H2,1-2H3. The van der Waals surface area contributed by atoms with E-state index in [0.717, 1.165) is 52.3 Å². The molecule has 152 valence electrons. The first-order chi connectivity index (χ1) is 14.1. The molecule has 0 amide bonds. The Bertz CT molecular complexity index is 1040. The topological polar surface area (TPSA) is 66.8 Å². The zero-order chi connectivity index (χ0) is 20.0. The van der Waals surface area contributed by atoms with Crippen LogP contribution >= 0.6 is 11.8 Å². The van der Waals surface area contributed by atoms with Crippen molar-refractivity contribution in [2.45, 2.75) is 50.7 Å². The van der Waals surface area contributed by atoms with E-state index in [1.165, 1.54) is 37.4 Å². The first-order valence-electron chi connectivity index (χ1n) is 10.5. The average Bonchev–Trinajstić information content (AvgIpc) is 3.38. The fourth-order valence-electron chi connectivity index (χ4n) is 4.28. The molecule has 0 unspecified atom stereocenters. The third-order valence-electron chi connectivity index (χ3n) is 6.13. The van der Waals surface area contributed by atoms with Gasteiger partial charge in [-0.3, -0.25) is 9.36 Å². The number of piperidine rings is 1.